The summed E-state index contributed by atoms with van der Waals surface area (Å²) in [4.78, 5) is 11.5. The topological polar surface area (TPSA) is 55.6 Å². The van der Waals surface area contributed by atoms with E-state index in [1.54, 1.807) is 13.8 Å². The number of nitrogens with zero attached hydrogens (tertiary/aromatic N) is 2. The summed E-state index contributed by atoms with van der Waals surface area (Å²) in [6, 6.07) is 3.54. The molecule has 0 saturated carbocycles. The van der Waals surface area contributed by atoms with Crippen LogP contribution in [-0.2, 0) is 10.7 Å². The maximum absolute atomic E-state index is 14.3. The van der Waals surface area contributed by atoms with Crippen molar-refractivity contribution in [2.75, 3.05) is 11.4 Å². The number of nitro benzene ring substituents is 1. The summed E-state index contributed by atoms with van der Waals surface area (Å²) < 4.78 is 34.0. The third-order valence-corrected chi connectivity index (χ3v) is 3.43. The van der Waals surface area contributed by atoms with Crippen molar-refractivity contribution < 1.29 is 18.4 Å². The molecule has 102 valence electrons. The summed E-state index contributed by atoms with van der Waals surface area (Å²) >= 11 is 0. The van der Waals surface area contributed by atoms with Crippen molar-refractivity contribution in [2.24, 2.45) is 0 Å². The number of nitro groups is 1. The van der Waals surface area contributed by atoms with E-state index >= 15 is 0 Å². The predicted molar refractivity (Wildman–Crippen MR) is 63.3 cm³/mol. The molecule has 2 heterocycles. The minimum atomic E-state index is -3.24. The summed E-state index contributed by atoms with van der Waals surface area (Å²) in [5.41, 5.74) is -1.01. The zero-order valence-corrected chi connectivity index (χ0v) is 10.4. The second kappa shape index (κ2) is 3.41. The summed E-state index contributed by atoms with van der Waals surface area (Å²) in [7, 11) is 0. The van der Waals surface area contributed by atoms with E-state index in [2.05, 4.69) is 0 Å². The fourth-order valence-electron chi connectivity index (χ4n) is 2.67. The van der Waals surface area contributed by atoms with Crippen molar-refractivity contribution >= 4 is 11.4 Å². The molecule has 1 aromatic rings. The summed E-state index contributed by atoms with van der Waals surface area (Å²) in [5, 5.41) is 10.7. The van der Waals surface area contributed by atoms with Crippen molar-refractivity contribution in [2.45, 2.75) is 31.6 Å². The Hall–Kier alpha value is -1.76. The van der Waals surface area contributed by atoms with E-state index in [1.807, 2.05) is 0 Å². The SMILES string of the molecule is CC1(C)CN2c3ccc([N+](=O)[O-])cc3C(F)(F)C2O1. The molecule has 0 radical (unpaired) electrons. The van der Waals surface area contributed by atoms with Gasteiger partial charge in [0.1, 0.15) is 0 Å². The van der Waals surface area contributed by atoms with Crippen LogP contribution in [0.3, 0.4) is 0 Å². The van der Waals surface area contributed by atoms with Gasteiger partial charge < -0.3 is 9.64 Å². The average molecular weight is 270 g/mol. The van der Waals surface area contributed by atoms with Gasteiger partial charge in [0.05, 0.1) is 16.1 Å². The second-order valence-corrected chi connectivity index (χ2v) is 5.44. The van der Waals surface area contributed by atoms with Crippen molar-refractivity contribution in [1.29, 1.82) is 0 Å². The fourth-order valence-corrected chi connectivity index (χ4v) is 2.67. The molecule has 1 unspecified atom stereocenters. The Morgan fingerprint density at radius 3 is 2.79 bits per heavy atom. The molecule has 5 nitrogen and oxygen atoms in total. The van der Waals surface area contributed by atoms with Gasteiger partial charge in [-0.05, 0) is 19.9 Å². The molecule has 2 aliphatic heterocycles. The van der Waals surface area contributed by atoms with E-state index in [0.717, 1.165) is 6.07 Å². The van der Waals surface area contributed by atoms with Crippen LogP contribution in [0.25, 0.3) is 0 Å². The van der Waals surface area contributed by atoms with Gasteiger partial charge in [-0.1, -0.05) is 0 Å². The molecule has 19 heavy (non-hydrogen) atoms. The molecule has 1 fully saturated rings. The molecule has 0 amide bonds. The van der Waals surface area contributed by atoms with E-state index in [-0.39, 0.29) is 11.3 Å². The van der Waals surface area contributed by atoms with Crippen LogP contribution in [0.2, 0.25) is 0 Å². The van der Waals surface area contributed by atoms with Crippen LogP contribution in [0, 0.1) is 10.1 Å². The molecule has 0 aliphatic carbocycles. The summed E-state index contributed by atoms with van der Waals surface area (Å²) in [6.07, 6.45) is -1.38. The standard InChI is InChI=1S/C12H12F2N2O3/c1-11(2)6-15-9-4-3-7(16(17)18)5-8(9)12(13,14)10(15)19-11/h3-5,10H,6H2,1-2H3. The third kappa shape index (κ3) is 1.61. The van der Waals surface area contributed by atoms with Crippen LogP contribution >= 0.6 is 0 Å². The summed E-state index contributed by atoms with van der Waals surface area (Å²) in [6.45, 7) is 3.82. The number of alkyl halides is 2. The number of rotatable bonds is 1. The molecule has 3 rings (SSSR count). The number of halogens is 2. The first kappa shape index (κ1) is 12.3. The lowest BCUT2D eigenvalue weighted by Crippen LogP contribution is -2.35. The first-order chi connectivity index (χ1) is 8.72. The zero-order chi connectivity index (χ0) is 14.0. The van der Waals surface area contributed by atoms with E-state index in [9.17, 15) is 18.9 Å². The smallest absolute Gasteiger partial charge is 0.319 e. The number of benzene rings is 1. The molecule has 0 bridgehead atoms. The van der Waals surface area contributed by atoms with Crippen LogP contribution in [0.1, 0.15) is 19.4 Å². The maximum atomic E-state index is 14.3. The average Bonchev–Trinajstić information content (AvgIpc) is 2.72. The molecule has 7 heteroatoms. The lowest BCUT2D eigenvalue weighted by Gasteiger charge is -2.21. The minimum Gasteiger partial charge on any atom is -0.344 e. The molecule has 1 aromatic carbocycles. The Bertz CT molecular complexity index is 574. The Balaban J connectivity index is 2.12. The number of ether oxygens (including phenoxy) is 1. The van der Waals surface area contributed by atoms with Gasteiger partial charge in [0.25, 0.3) is 5.69 Å². The molecule has 2 aliphatic rings. The fraction of sp³-hybridized carbons (Fsp3) is 0.500. The second-order valence-electron chi connectivity index (χ2n) is 5.44. The Morgan fingerprint density at radius 2 is 2.16 bits per heavy atom. The highest BCUT2D eigenvalue weighted by Crippen LogP contribution is 2.53. The van der Waals surface area contributed by atoms with Crippen molar-refractivity contribution in [3.8, 4) is 0 Å². The minimum absolute atomic E-state index is 0.311. The molecular formula is C12H12F2N2O3. The van der Waals surface area contributed by atoms with Gasteiger partial charge in [-0.3, -0.25) is 10.1 Å². The van der Waals surface area contributed by atoms with E-state index in [4.69, 9.17) is 4.74 Å². The lowest BCUT2D eigenvalue weighted by molar-refractivity contribution is -0.385. The van der Waals surface area contributed by atoms with Gasteiger partial charge in [0.2, 0.25) is 0 Å². The highest BCUT2D eigenvalue weighted by Gasteiger charge is 2.60. The van der Waals surface area contributed by atoms with Gasteiger partial charge in [-0.2, -0.15) is 8.78 Å². The Morgan fingerprint density at radius 1 is 1.47 bits per heavy atom. The Labute approximate surface area is 107 Å². The zero-order valence-electron chi connectivity index (χ0n) is 10.4. The maximum Gasteiger partial charge on any atom is 0.319 e. The number of hydrogen-bond acceptors (Lipinski definition) is 4. The molecule has 0 aromatic heterocycles. The molecule has 1 atom stereocenters. The van der Waals surface area contributed by atoms with Gasteiger partial charge >= 0.3 is 5.92 Å². The first-order valence-electron chi connectivity index (χ1n) is 5.83. The number of hydrogen-bond donors (Lipinski definition) is 0. The number of non-ortho nitro benzene ring substituents is 1. The monoisotopic (exact) mass is 270 g/mol. The molecule has 1 saturated heterocycles. The van der Waals surface area contributed by atoms with Crippen molar-refractivity contribution in [3.63, 3.8) is 0 Å². The van der Waals surface area contributed by atoms with Crippen LogP contribution in [-0.4, -0.2) is 23.3 Å². The van der Waals surface area contributed by atoms with Crippen LogP contribution in [0.4, 0.5) is 20.2 Å². The first-order valence-corrected chi connectivity index (χ1v) is 5.83. The highest BCUT2D eigenvalue weighted by atomic mass is 19.3. The van der Waals surface area contributed by atoms with E-state index < -0.39 is 22.7 Å². The quantitative estimate of drug-likeness (QED) is 0.581. The molecular weight excluding hydrogens is 258 g/mol. The molecule has 0 spiro atoms. The molecule has 0 N–H and O–H groups in total. The summed E-state index contributed by atoms with van der Waals surface area (Å²) in [5.74, 6) is -3.24. The normalized spacial score (nSPS) is 26.1. The van der Waals surface area contributed by atoms with E-state index in [0.29, 0.717) is 12.2 Å². The van der Waals surface area contributed by atoms with Crippen LogP contribution < -0.4 is 4.90 Å². The van der Waals surface area contributed by atoms with Crippen molar-refractivity contribution in [1.82, 2.24) is 0 Å². The largest absolute Gasteiger partial charge is 0.344 e. The van der Waals surface area contributed by atoms with Crippen LogP contribution in [0.15, 0.2) is 18.2 Å². The number of fused-ring (bicyclic) bond motifs is 3. The van der Waals surface area contributed by atoms with Crippen molar-refractivity contribution in [3.05, 3.63) is 33.9 Å². The lowest BCUT2D eigenvalue weighted by atomic mass is 10.1. The number of anilines is 1. The van der Waals surface area contributed by atoms with Gasteiger partial charge in [-0.15, -0.1) is 0 Å². The highest BCUT2D eigenvalue weighted by molar-refractivity contribution is 5.65. The van der Waals surface area contributed by atoms with Gasteiger partial charge in [0.15, 0.2) is 6.23 Å². The predicted octanol–water partition coefficient (Wildman–Crippen LogP) is 2.64. The van der Waals surface area contributed by atoms with Gasteiger partial charge in [0, 0.05) is 24.4 Å². The van der Waals surface area contributed by atoms with Crippen LogP contribution in [0.5, 0.6) is 0 Å². The van der Waals surface area contributed by atoms with E-state index in [1.165, 1.54) is 17.0 Å². The Kier molecular flexibility index (Phi) is 2.21. The van der Waals surface area contributed by atoms with Gasteiger partial charge in [-0.25, -0.2) is 0 Å². The third-order valence-electron chi connectivity index (χ3n) is 3.43.